The minimum absolute atomic E-state index is 0.0179. The van der Waals surface area contributed by atoms with Gasteiger partial charge >= 0.3 is 6.61 Å². The highest BCUT2D eigenvalue weighted by Gasteiger charge is 2.12. The standard InChI is InChI=1S/C18H20F2N2O3/c1-3-12-4-6-13(7-5-12)22-17(23)11-21-14-8-9-15(24-2)16(10-14)25-18(19)20/h4-10,18,21H,3,11H2,1-2H3,(H,22,23). The zero-order valence-corrected chi connectivity index (χ0v) is 14.0. The van der Waals surface area contributed by atoms with Crippen molar-refractivity contribution in [1.29, 1.82) is 0 Å². The first kappa shape index (κ1) is 18.5. The predicted molar refractivity (Wildman–Crippen MR) is 92.6 cm³/mol. The van der Waals surface area contributed by atoms with E-state index in [-0.39, 0.29) is 24.0 Å². The number of anilines is 2. The Morgan fingerprint density at radius 3 is 2.36 bits per heavy atom. The lowest BCUT2D eigenvalue weighted by molar-refractivity contribution is -0.114. The van der Waals surface area contributed by atoms with Crippen molar-refractivity contribution in [2.75, 3.05) is 24.3 Å². The highest BCUT2D eigenvalue weighted by Crippen LogP contribution is 2.31. The van der Waals surface area contributed by atoms with E-state index in [9.17, 15) is 13.6 Å². The molecule has 0 aliphatic carbocycles. The topological polar surface area (TPSA) is 59.6 Å². The first-order valence-corrected chi connectivity index (χ1v) is 7.77. The minimum Gasteiger partial charge on any atom is -0.493 e. The average molecular weight is 350 g/mol. The molecule has 0 aromatic heterocycles. The second kappa shape index (κ2) is 8.86. The van der Waals surface area contributed by atoms with E-state index in [0.717, 1.165) is 6.42 Å². The van der Waals surface area contributed by atoms with Crippen molar-refractivity contribution in [3.63, 3.8) is 0 Å². The molecule has 7 heteroatoms. The summed E-state index contributed by atoms with van der Waals surface area (Å²) >= 11 is 0. The second-order valence-electron chi connectivity index (χ2n) is 5.20. The van der Waals surface area contributed by atoms with Gasteiger partial charge in [0, 0.05) is 17.4 Å². The van der Waals surface area contributed by atoms with Gasteiger partial charge < -0.3 is 20.1 Å². The monoisotopic (exact) mass is 350 g/mol. The number of carbonyl (C=O) groups excluding carboxylic acids is 1. The van der Waals surface area contributed by atoms with Crippen LogP contribution in [0, 0.1) is 0 Å². The van der Waals surface area contributed by atoms with E-state index in [1.165, 1.54) is 24.8 Å². The number of aryl methyl sites for hydroxylation is 1. The van der Waals surface area contributed by atoms with Crippen molar-refractivity contribution < 1.29 is 23.0 Å². The summed E-state index contributed by atoms with van der Waals surface area (Å²) in [6.07, 6.45) is 0.927. The van der Waals surface area contributed by atoms with Gasteiger partial charge in [0.2, 0.25) is 5.91 Å². The number of nitrogens with one attached hydrogen (secondary N) is 2. The number of rotatable bonds is 8. The second-order valence-corrected chi connectivity index (χ2v) is 5.20. The summed E-state index contributed by atoms with van der Waals surface area (Å²) in [6, 6.07) is 12.0. The summed E-state index contributed by atoms with van der Waals surface area (Å²) in [5.74, 6) is -0.166. The normalized spacial score (nSPS) is 10.4. The van der Waals surface area contributed by atoms with Crippen LogP contribution >= 0.6 is 0 Å². The van der Waals surface area contributed by atoms with Gasteiger partial charge in [0.1, 0.15) is 0 Å². The number of benzene rings is 2. The van der Waals surface area contributed by atoms with E-state index in [1.54, 1.807) is 6.07 Å². The molecule has 0 saturated heterocycles. The number of alkyl halides is 2. The van der Waals surface area contributed by atoms with Crippen LogP contribution in [0.25, 0.3) is 0 Å². The molecule has 0 spiro atoms. The molecule has 0 heterocycles. The highest BCUT2D eigenvalue weighted by molar-refractivity contribution is 5.93. The van der Waals surface area contributed by atoms with E-state index >= 15 is 0 Å². The summed E-state index contributed by atoms with van der Waals surface area (Å²) in [4.78, 5) is 12.0. The SMILES string of the molecule is CCc1ccc(NC(=O)CNc2ccc(OC)c(OC(F)F)c2)cc1. The third-order valence-electron chi connectivity index (χ3n) is 3.48. The molecule has 0 aliphatic heterocycles. The molecule has 5 nitrogen and oxygen atoms in total. The zero-order chi connectivity index (χ0) is 18.2. The molecule has 1 amide bonds. The highest BCUT2D eigenvalue weighted by atomic mass is 19.3. The zero-order valence-electron chi connectivity index (χ0n) is 14.0. The molecule has 134 valence electrons. The fraction of sp³-hybridized carbons (Fsp3) is 0.278. The molecule has 2 N–H and O–H groups in total. The van der Waals surface area contributed by atoms with Gasteiger partial charge in [0.15, 0.2) is 11.5 Å². The molecule has 2 aromatic rings. The lowest BCUT2D eigenvalue weighted by Crippen LogP contribution is -2.21. The van der Waals surface area contributed by atoms with Crippen LogP contribution in [0.4, 0.5) is 20.2 Å². The van der Waals surface area contributed by atoms with Crippen LogP contribution in [0.15, 0.2) is 42.5 Å². The molecule has 0 unspecified atom stereocenters. The molecule has 0 saturated carbocycles. The van der Waals surface area contributed by atoms with Crippen molar-refractivity contribution in [2.24, 2.45) is 0 Å². The van der Waals surface area contributed by atoms with Crippen molar-refractivity contribution >= 4 is 17.3 Å². The predicted octanol–water partition coefficient (Wildman–Crippen LogP) is 3.91. The van der Waals surface area contributed by atoms with Gasteiger partial charge in [-0.25, -0.2) is 0 Å². The Labute approximate surface area is 144 Å². The molecule has 0 atom stereocenters. The maximum atomic E-state index is 12.4. The Morgan fingerprint density at radius 2 is 1.76 bits per heavy atom. The summed E-state index contributed by atoms with van der Waals surface area (Å²) in [5, 5.41) is 5.62. The fourth-order valence-corrected chi connectivity index (χ4v) is 2.19. The molecule has 0 radical (unpaired) electrons. The van der Waals surface area contributed by atoms with E-state index in [0.29, 0.717) is 11.4 Å². The van der Waals surface area contributed by atoms with E-state index in [2.05, 4.69) is 22.3 Å². The largest absolute Gasteiger partial charge is 0.493 e. The molecular formula is C18H20F2N2O3. The minimum atomic E-state index is -2.96. The first-order chi connectivity index (χ1) is 12.0. The Morgan fingerprint density at radius 1 is 1.08 bits per heavy atom. The Bertz CT molecular complexity index is 706. The first-order valence-electron chi connectivity index (χ1n) is 7.77. The number of carbonyl (C=O) groups is 1. The summed E-state index contributed by atoms with van der Waals surface area (Å²) in [6.45, 7) is -0.924. The Hall–Kier alpha value is -2.83. The molecule has 0 aliphatic rings. The van der Waals surface area contributed by atoms with Crippen molar-refractivity contribution in [3.8, 4) is 11.5 Å². The molecule has 25 heavy (non-hydrogen) atoms. The lowest BCUT2D eigenvalue weighted by atomic mass is 10.1. The number of hydrogen-bond donors (Lipinski definition) is 2. The smallest absolute Gasteiger partial charge is 0.387 e. The maximum absolute atomic E-state index is 12.4. The van der Waals surface area contributed by atoms with Crippen LogP contribution in [0.2, 0.25) is 0 Å². The number of hydrogen-bond acceptors (Lipinski definition) is 4. The average Bonchev–Trinajstić information content (AvgIpc) is 2.60. The van der Waals surface area contributed by atoms with Gasteiger partial charge in [-0.15, -0.1) is 0 Å². The third-order valence-corrected chi connectivity index (χ3v) is 3.48. The van der Waals surface area contributed by atoms with Crippen LogP contribution < -0.4 is 20.1 Å². The van der Waals surface area contributed by atoms with E-state index < -0.39 is 6.61 Å². The molecule has 0 bridgehead atoms. The third kappa shape index (κ3) is 5.63. The van der Waals surface area contributed by atoms with Crippen LogP contribution in [0.5, 0.6) is 11.5 Å². The molecular weight excluding hydrogens is 330 g/mol. The number of methoxy groups -OCH3 is 1. The van der Waals surface area contributed by atoms with Gasteiger partial charge in [-0.3, -0.25) is 4.79 Å². The van der Waals surface area contributed by atoms with Gasteiger partial charge in [-0.2, -0.15) is 8.78 Å². The quantitative estimate of drug-likeness (QED) is 0.758. The number of amides is 1. The van der Waals surface area contributed by atoms with Crippen molar-refractivity contribution in [1.82, 2.24) is 0 Å². The molecule has 2 rings (SSSR count). The summed E-state index contributed by atoms with van der Waals surface area (Å²) in [7, 11) is 1.36. The fourth-order valence-electron chi connectivity index (χ4n) is 2.19. The van der Waals surface area contributed by atoms with Crippen molar-refractivity contribution in [2.45, 2.75) is 20.0 Å². The Balaban J connectivity index is 1.94. The lowest BCUT2D eigenvalue weighted by Gasteiger charge is -2.13. The van der Waals surface area contributed by atoms with E-state index in [4.69, 9.17) is 4.74 Å². The van der Waals surface area contributed by atoms with Crippen LogP contribution in [0.1, 0.15) is 12.5 Å². The van der Waals surface area contributed by atoms with Gasteiger partial charge in [-0.1, -0.05) is 19.1 Å². The molecule has 2 aromatic carbocycles. The number of halogens is 2. The van der Waals surface area contributed by atoms with Crippen LogP contribution in [0.3, 0.4) is 0 Å². The van der Waals surface area contributed by atoms with Gasteiger partial charge in [-0.05, 0) is 36.2 Å². The van der Waals surface area contributed by atoms with Gasteiger partial charge in [0.05, 0.1) is 13.7 Å². The summed E-state index contributed by atoms with van der Waals surface area (Å²) < 4.78 is 34.2. The van der Waals surface area contributed by atoms with Crippen LogP contribution in [-0.4, -0.2) is 26.2 Å². The van der Waals surface area contributed by atoms with Crippen LogP contribution in [-0.2, 0) is 11.2 Å². The van der Waals surface area contributed by atoms with Gasteiger partial charge in [0.25, 0.3) is 0 Å². The Kier molecular flexibility index (Phi) is 6.56. The van der Waals surface area contributed by atoms with E-state index in [1.807, 2.05) is 24.3 Å². The number of ether oxygens (including phenoxy) is 2. The maximum Gasteiger partial charge on any atom is 0.387 e. The molecule has 0 fully saturated rings. The van der Waals surface area contributed by atoms with Crippen molar-refractivity contribution in [3.05, 3.63) is 48.0 Å². The summed E-state index contributed by atoms with van der Waals surface area (Å²) in [5.41, 5.74) is 2.34.